The number of hydrogen-bond donors (Lipinski definition) is 1. The Balaban J connectivity index is 3.72. The second kappa shape index (κ2) is 10.6. The van der Waals surface area contributed by atoms with Crippen LogP contribution in [0.15, 0.2) is 0 Å². The molecule has 0 aromatic rings. The van der Waals surface area contributed by atoms with Crippen LogP contribution in [-0.2, 0) is 4.79 Å². The van der Waals surface area contributed by atoms with E-state index in [0.29, 0.717) is 0 Å². The van der Waals surface area contributed by atoms with Crippen molar-refractivity contribution in [2.75, 3.05) is 26.2 Å². The van der Waals surface area contributed by atoms with E-state index in [1.165, 1.54) is 32.2 Å². The molecule has 102 valence electrons. The fourth-order valence-electron chi connectivity index (χ4n) is 1.78. The van der Waals surface area contributed by atoms with Crippen LogP contribution in [0.2, 0.25) is 0 Å². The number of carbonyl (C=O) groups excluding carboxylic acids is 1. The first-order valence-electron chi connectivity index (χ1n) is 7.11. The smallest absolute Gasteiger partial charge is 0.222 e. The highest BCUT2D eigenvalue weighted by molar-refractivity contribution is 5.77. The van der Waals surface area contributed by atoms with Gasteiger partial charge in [-0.1, -0.05) is 40.5 Å². The summed E-state index contributed by atoms with van der Waals surface area (Å²) in [5, 5.41) is 2.98. The van der Waals surface area contributed by atoms with E-state index in [9.17, 15) is 4.79 Å². The van der Waals surface area contributed by atoms with Crippen molar-refractivity contribution in [1.29, 1.82) is 0 Å². The van der Waals surface area contributed by atoms with Crippen molar-refractivity contribution in [2.24, 2.45) is 5.92 Å². The second-order valence-electron chi connectivity index (χ2n) is 4.99. The number of nitrogens with zero attached hydrogens (tertiary/aromatic N) is 1. The van der Waals surface area contributed by atoms with E-state index in [-0.39, 0.29) is 11.8 Å². The van der Waals surface area contributed by atoms with Crippen LogP contribution in [0.1, 0.15) is 53.4 Å². The van der Waals surface area contributed by atoms with E-state index in [1.807, 2.05) is 13.8 Å². The molecule has 0 aliphatic heterocycles. The lowest BCUT2D eigenvalue weighted by atomic mass is 10.2. The largest absolute Gasteiger partial charge is 0.355 e. The molecule has 0 fully saturated rings. The summed E-state index contributed by atoms with van der Waals surface area (Å²) in [7, 11) is 0. The van der Waals surface area contributed by atoms with Crippen LogP contribution in [0.5, 0.6) is 0 Å². The Kier molecular flexibility index (Phi) is 10.2. The quantitative estimate of drug-likeness (QED) is 0.597. The molecule has 0 rings (SSSR count). The summed E-state index contributed by atoms with van der Waals surface area (Å²) in [5.41, 5.74) is 0. The van der Waals surface area contributed by atoms with E-state index in [2.05, 4.69) is 24.1 Å². The van der Waals surface area contributed by atoms with Crippen molar-refractivity contribution in [3.8, 4) is 0 Å². The standard InChI is InChI=1S/C14H30N2O/c1-5-7-8-11-16(10-6-2)12-9-15-14(17)13(3)4/h13H,5-12H2,1-4H3,(H,15,17). The zero-order valence-corrected chi connectivity index (χ0v) is 12.1. The average Bonchev–Trinajstić information content (AvgIpc) is 2.29. The maximum absolute atomic E-state index is 11.4. The molecule has 0 spiro atoms. The molecular formula is C14H30N2O. The fourth-order valence-corrected chi connectivity index (χ4v) is 1.78. The predicted octanol–water partition coefficient (Wildman–Crippen LogP) is 2.66. The molecule has 0 radical (unpaired) electrons. The van der Waals surface area contributed by atoms with Gasteiger partial charge in [0.05, 0.1) is 0 Å². The van der Waals surface area contributed by atoms with Gasteiger partial charge in [-0.15, -0.1) is 0 Å². The first-order chi connectivity index (χ1) is 8.11. The molecule has 0 atom stereocenters. The lowest BCUT2D eigenvalue weighted by Crippen LogP contribution is -2.37. The molecule has 0 saturated carbocycles. The maximum Gasteiger partial charge on any atom is 0.222 e. The Hall–Kier alpha value is -0.570. The summed E-state index contributed by atoms with van der Waals surface area (Å²) in [6.07, 6.45) is 5.03. The van der Waals surface area contributed by atoms with Gasteiger partial charge in [0.25, 0.3) is 0 Å². The predicted molar refractivity (Wildman–Crippen MR) is 74.1 cm³/mol. The van der Waals surface area contributed by atoms with Crippen LogP contribution in [0.4, 0.5) is 0 Å². The minimum absolute atomic E-state index is 0.0923. The SMILES string of the molecule is CCCCCN(CCC)CCNC(=O)C(C)C. The Morgan fingerprint density at radius 3 is 2.29 bits per heavy atom. The van der Waals surface area contributed by atoms with Gasteiger partial charge in [0.15, 0.2) is 0 Å². The van der Waals surface area contributed by atoms with Gasteiger partial charge in [0.1, 0.15) is 0 Å². The van der Waals surface area contributed by atoms with Crippen LogP contribution < -0.4 is 5.32 Å². The van der Waals surface area contributed by atoms with Crippen molar-refractivity contribution in [1.82, 2.24) is 10.2 Å². The Morgan fingerprint density at radius 2 is 1.76 bits per heavy atom. The zero-order valence-electron chi connectivity index (χ0n) is 12.1. The Labute approximate surface area is 107 Å². The molecular weight excluding hydrogens is 212 g/mol. The van der Waals surface area contributed by atoms with E-state index in [1.54, 1.807) is 0 Å². The van der Waals surface area contributed by atoms with Crippen molar-refractivity contribution in [3.05, 3.63) is 0 Å². The molecule has 0 aromatic heterocycles. The lowest BCUT2D eigenvalue weighted by Gasteiger charge is -2.22. The maximum atomic E-state index is 11.4. The lowest BCUT2D eigenvalue weighted by molar-refractivity contribution is -0.124. The summed E-state index contributed by atoms with van der Waals surface area (Å²) in [6.45, 7) is 12.4. The molecule has 1 amide bonds. The number of hydrogen-bond acceptors (Lipinski definition) is 2. The van der Waals surface area contributed by atoms with Crippen LogP contribution in [0.3, 0.4) is 0 Å². The monoisotopic (exact) mass is 242 g/mol. The van der Waals surface area contributed by atoms with Gasteiger partial charge in [-0.2, -0.15) is 0 Å². The van der Waals surface area contributed by atoms with E-state index < -0.39 is 0 Å². The van der Waals surface area contributed by atoms with Crippen molar-refractivity contribution in [3.63, 3.8) is 0 Å². The van der Waals surface area contributed by atoms with Gasteiger partial charge in [0.2, 0.25) is 5.91 Å². The molecule has 3 heteroatoms. The van der Waals surface area contributed by atoms with Gasteiger partial charge in [-0.3, -0.25) is 4.79 Å². The highest BCUT2D eigenvalue weighted by Crippen LogP contribution is 1.99. The summed E-state index contributed by atoms with van der Waals surface area (Å²) in [4.78, 5) is 13.9. The summed E-state index contributed by atoms with van der Waals surface area (Å²) in [6, 6.07) is 0. The third kappa shape index (κ3) is 9.16. The molecule has 17 heavy (non-hydrogen) atoms. The van der Waals surface area contributed by atoms with Gasteiger partial charge < -0.3 is 10.2 Å². The highest BCUT2D eigenvalue weighted by Gasteiger charge is 2.07. The molecule has 0 aromatic carbocycles. The zero-order chi connectivity index (χ0) is 13.1. The Morgan fingerprint density at radius 1 is 1.06 bits per heavy atom. The van der Waals surface area contributed by atoms with Crippen molar-refractivity contribution in [2.45, 2.75) is 53.4 Å². The van der Waals surface area contributed by atoms with E-state index >= 15 is 0 Å². The minimum atomic E-state index is 0.0923. The topological polar surface area (TPSA) is 32.3 Å². The summed E-state index contributed by atoms with van der Waals surface area (Å²) in [5.74, 6) is 0.254. The molecule has 0 heterocycles. The number of amides is 1. The van der Waals surface area contributed by atoms with Crippen LogP contribution >= 0.6 is 0 Å². The summed E-state index contributed by atoms with van der Waals surface area (Å²) < 4.78 is 0. The van der Waals surface area contributed by atoms with Gasteiger partial charge in [0, 0.05) is 19.0 Å². The normalized spacial score (nSPS) is 11.2. The minimum Gasteiger partial charge on any atom is -0.355 e. The second-order valence-corrected chi connectivity index (χ2v) is 4.99. The molecule has 1 N–H and O–H groups in total. The number of nitrogens with one attached hydrogen (secondary N) is 1. The van der Waals surface area contributed by atoms with E-state index in [0.717, 1.165) is 19.6 Å². The molecule has 0 unspecified atom stereocenters. The molecule has 0 aliphatic rings. The number of rotatable bonds is 10. The Bertz CT molecular complexity index is 193. The van der Waals surface area contributed by atoms with Crippen LogP contribution in [0, 0.1) is 5.92 Å². The third-order valence-corrected chi connectivity index (χ3v) is 2.87. The third-order valence-electron chi connectivity index (χ3n) is 2.87. The van der Waals surface area contributed by atoms with Crippen molar-refractivity contribution < 1.29 is 4.79 Å². The average molecular weight is 242 g/mol. The van der Waals surface area contributed by atoms with Gasteiger partial charge in [-0.25, -0.2) is 0 Å². The van der Waals surface area contributed by atoms with E-state index in [4.69, 9.17) is 0 Å². The van der Waals surface area contributed by atoms with Crippen LogP contribution in [0.25, 0.3) is 0 Å². The molecule has 0 bridgehead atoms. The molecule has 3 nitrogen and oxygen atoms in total. The highest BCUT2D eigenvalue weighted by atomic mass is 16.1. The molecule has 0 saturated heterocycles. The molecule has 0 aliphatic carbocycles. The van der Waals surface area contributed by atoms with Gasteiger partial charge >= 0.3 is 0 Å². The van der Waals surface area contributed by atoms with Crippen LogP contribution in [-0.4, -0.2) is 37.0 Å². The van der Waals surface area contributed by atoms with Crippen molar-refractivity contribution >= 4 is 5.91 Å². The summed E-state index contributed by atoms with van der Waals surface area (Å²) >= 11 is 0. The van der Waals surface area contributed by atoms with Gasteiger partial charge in [-0.05, 0) is 25.9 Å². The fraction of sp³-hybridized carbons (Fsp3) is 0.929. The first-order valence-corrected chi connectivity index (χ1v) is 7.11. The number of carbonyl (C=O) groups is 1. The first kappa shape index (κ1) is 16.4. The number of unbranched alkanes of at least 4 members (excludes halogenated alkanes) is 2.